The van der Waals surface area contributed by atoms with Crippen LogP contribution in [0, 0.1) is 18.2 Å². The fourth-order valence-corrected chi connectivity index (χ4v) is 1.44. The molecule has 0 aliphatic heterocycles. The Kier molecular flexibility index (Phi) is 3.47. The van der Waals surface area contributed by atoms with Crippen LogP contribution >= 0.6 is 0 Å². The maximum atomic E-state index is 13.1. The summed E-state index contributed by atoms with van der Waals surface area (Å²) in [5.41, 5.74) is 6.63. The molecular weight excluding hydrogens is 193 g/mol. The van der Waals surface area contributed by atoms with Crippen LogP contribution < -0.4 is 5.73 Å². The lowest BCUT2D eigenvalue weighted by Gasteiger charge is -2.30. The lowest BCUT2D eigenvalue weighted by molar-refractivity contribution is 0.0547. The van der Waals surface area contributed by atoms with Crippen LogP contribution in [-0.4, -0.2) is 11.7 Å². The van der Waals surface area contributed by atoms with Crippen molar-refractivity contribution in [1.29, 1.82) is 0 Å². The quantitative estimate of drug-likeness (QED) is 0.804. The van der Waals surface area contributed by atoms with Crippen LogP contribution in [0.5, 0.6) is 0 Å². The third-order valence-electron chi connectivity index (χ3n) is 2.80. The van der Waals surface area contributed by atoms with Crippen molar-refractivity contribution in [3.8, 4) is 0 Å². The Morgan fingerprint density at radius 2 is 2.07 bits per heavy atom. The van der Waals surface area contributed by atoms with Crippen LogP contribution in [-0.2, 0) is 0 Å². The Labute approximate surface area is 89.9 Å². The van der Waals surface area contributed by atoms with Gasteiger partial charge < -0.3 is 10.8 Å². The topological polar surface area (TPSA) is 46.2 Å². The fraction of sp³-hybridized carbons (Fsp3) is 0.500. The zero-order valence-electron chi connectivity index (χ0n) is 9.42. The summed E-state index contributed by atoms with van der Waals surface area (Å²) >= 11 is 0. The minimum Gasteiger partial charge on any atom is -0.388 e. The van der Waals surface area contributed by atoms with E-state index in [1.54, 1.807) is 6.07 Å². The highest BCUT2D eigenvalue weighted by molar-refractivity contribution is 5.29. The largest absolute Gasteiger partial charge is 0.388 e. The lowest BCUT2D eigenvalue weighted by Crippen LogP contribution is -2.31. The number of aliphatic hydroxyl groups is 1. The average molecular weight is 211 g/mol. The summed E-state index contributed by atoms with van der Waals surface area (Å²) in [5, 5.41) is 10.1. The van der Waals surface area contributed by atoms with Crippen molar-refractivity contribution >= 4 is 0 Å². The van der Waals surface area contributed by atoms with Crippen molar-refractivity contribution in [1.82, 2.24) is 0 Å². The monoisotopic (exact) mass is 211 g/mol. The minimum atomic E-state index is -0.738. The molecule has 2 nitrogen and oxygen atoms in total. The summed E-state index contributed by atoms with van der Waals surface area (Å²) in [5.74, 6) is -0.331. The van der Waals surface area contributed by atoms with Crippen LogP contribution in [0.1, 0.15) is 31.1 Å². The molecule has 0 amide bonds. The van der Waals surface area contributed by atoms with Gasteiger partial charge in [0.25, 0.3) is 0 Å². The molecule has 0 fully saturated rings. The molecule has 0 bridgehead atoms. The molecule has 0 saturated heterocycles. The standard InChI is InChI=1S/C12H18FNO/c1-8-4-5-9(13)6-10(8)11(15)12(2,3)7-14/h4-6,11,15H,7,14H2,1-3H3. The van der Waals surface area contributed by atoms with E-state index in [-0.39, 0.29) is 5.82 Å². The molecule has 3 N–H and O–H groups in total. The predicted molar refractivity (Wildman–Crippen MR) is 58.9 cm³/mol. The van der Waals surface area contributed by atoms with Gasteiger partial charge in [0.15, 0.2) is 0 Å². The summed E-state index contributed by atoms with van der Waals surface area (Å²) in [7, 11) is 0. The van der Waals surface area contributed by atoms with E-state index in [1.807, 2.05) is 20.8 Å². The van der Waals surface area contributed by atoms with Gasteiger partial charge in [0.2, 0.25) is 0 Å². The maximum absolute atomic E-state index is 13.1. The summed E-state index contributed by atoms with van der Waals surface area (Å²) < 4.78 is 13.1. The normalized spacial score (nSPS) is 14.0. The first-order valence-electron chi connectivity index (χ1n) is 5.02. The second kappa shape index (κ2) is 4.29. The first-order valence-corrected chi connectivity index (χ1v) is 5.02. The second-order valence-electron chi connectivity index (χ2n) is 4.60. The van der Waals surface area contributed by atoms with Crippen molar-refractivity contribution < 1.29 is 9.50 Å². The smallest absolute Gasteiger partial charge is 0.123 e. The van der Waals surface area contributed by atoms with Crippen LogP contribution in [0.2, 0.25) is 0 Å². The molecule has 0 radical (unpaired) electrons. The van der Waals surface area contributed by atoms with Gasteiger partial charge in [-0.3, -0.25) is 0 Å². The summed E-state index contributed by atoms with van der Waals surface area (Å²) in [6.07, 6.45) is -0.738. The van der Waals surface area contributed by atoms with E-state index in [9.17, 15) is 9.50 Å². The number of aliphatic hydroxyl groups excluding tert-OH is 1. The number of halogens is 1. The zero-order chi connectivity index (χ0) is 11.6. The van der Waals surface area contributed by atoms with Crippen molar-refractivity contribution in [2.75, 3.05) is 6.54 Å². The van der Waals surface area contributed by atoms with Gasteiger partial charge in [-0.1, -0.05) is 19.9 Å². The van der Waals surface area contributed by atoms with Crippen molar-refractivity contribution in [3.63, 3.8) is 0 Å². The molecule has 3 heteroatoms. The van der Waals surface area contributed by atoms with E-state index in [0.29, 0.717) is 12.1 Å². The Morgan fingerprint density at radius 3 is 2.60 bits per heavy atom. The molecule has 0 heterocycles. The lowest BCUT2D eigenvalue weighted by atomic mass is 9.81. The molecule has 1 aromatic rings. The van der Waals surface area contributed by atoms with Crippen molar-refractivity contribution in [3.05, 3.63) is 35.1 Å². The van der Waals surface area contributed by atoms with Crippen molar-refractivity contribution in [2.24, 2.45) is 11.1 Å². The number of nitrogens with two attached hydrogens (primary N) is 1. The van der Waals surface area contributed by atoms with E-state index in [0.717, 1.165) is 5.56 Å². The number of rotatable bonds is 3. The van der Waals surface area contributed by atoms with Gasteiger partial charge >= 0.3 is 0 Å². The van der Waals surface area contributed by atoms with E-state index in [4.69, 9.17) is 5.73 Å². The van der Waals surface area contributed by atoms with E-state index >= 15 is 0 Å². The molecule has 1 unspecified atom stereocenters. The van der Waals surface area contributed by atoms with E-state index in [1.165, 1.54) is 12.1 Å². The average Bonchev–Trinajstić information content (AvgIpc) is 2.20. The summed E-state index contributed by atoms with van der Waals surface area (Å²) in [6.45, 7) is 5.93. The molecule has 0 aliphatic rings. The molecule has 0 saturated carbocycles. The van der Waals surface area contributed by atoms with Gasteiger partial charge in [0.05, 0.1) is 6.10 Å². The first kappa shape index (κ1) is 12.1. The summed E-state index contributed by atoms with van der Waals surface area (Å²) in [6, 6.07) is 4.43. The number of hydrogen-bond donors (Lipinski definition) is 2. The van der Waals surface area contributed by atoms with Gasteiger partial charge in [-0.2, -0.15) is 0 Å². The van der Waals surface area contributed by atoms with Gasteiger partial charge in [0, 0.05) is 12.0 Å². The second-order valence-corrected chi connectivity index (χ2v) is 4.60. The van der Waals surface area contributed by atoms with Crippen LogP contribution in [0.3, 0.4) is 0 Å². The first-order chi connectivity index (χ1) is 6.88. The SMILES string of the molecule is Cc1ccc(F)cc1C(O)C(C)(C)CN. The van der Waals surface area contributed by atoms with Gasteiger partial charge in [-0.05, 0) is 30.2 Å². The highest BCUT2D eigenvalue weighted by Gasteiger charge is 2.28. The Hall–Kier alpha value is -0.930. The molecule has 0 spiro atoms. The highest BCUT2D eigenvalue weighted by atomic mass is 19.1. The molecular formula is C12H18FNO. The molecule has 0 aromatic heterocycles. The Morgan fingerprint density at radius 1 is 1.47 bits per heavy atom. The van der Waals surface area contributed by atoms with Crippen LogP contribution in [0.4, 0.5) is 4.39 Å². The third kappa shape index (κ3) is 2.55. The third-order valence-corrected chi connectivity index (χ3v) is 2.80. The fourth-order valence-electron chi connectivity index (χ4n) is 1.44. The van der Waals surface area contributed by atoms with Crippen molar-refractivity contribution in [2.45, 2.75) is 26.9 Å². The molecule has 0 aliphatic carbocycles. The highest BCUT2D eigenvalue weighted by Crippen LogP contribution is 2.33. The number of aryl methyl sites for hydroxylation is 1. The Bertz CT molecular complexity index is 349. The molecule has 1 aromatic carbocycles. The predicted octanol–water partition coefficient (Wildman–Crippen LogP) is 2.15. The van der Waals surface area contributed by atoms with E-state index in [2.05, 4.69) is 0 Å². The van der Waals surface area contributed by atoms with Crippen LogP contribution in [0.15, 0.2) is 18.2 Å². The van der Waals surface area contributed by atoms with E-state index < -0.39 is 11.5 Å². The Balaban J connectivity index is 3.10. The zero-order valence-corrected chi connectivity index (χ0v) is 9.42. The maximum Gasteiger partial charge on any atom is 0.123 e. The molecule has 1 atom stereocenters. The number of hydrogen-bond acceptors (Lipinski definition) is 2. The molecule has 1 rings (SSSR count). The van der Waals surface area contributed by atoms with Crippen LogP contribution in [0.25, 0.3) is 0 Å². The van der Waals surface area contributed by atoms with Gasteiger partial charge in [-0.25, -0.2) is 4.39 Å². The molecule has 15 heavy (non-hydrogen) atoms. The minimum absolute atomic E-state index is 0.331. The van der Waals surface area contributed by atoms with Gasteiger partial charge in [0.1, 0.15) is 5.82 Å². The summed E-state index contributed by atoms with van der Waals surface area (Å²) in [4.78, 5) is 0. The van der Waals surface area contributed by atoms with Gasteiger partial charge in [-0.15, -0.1) is 0 Å². The number of benzene rings is 1. The molecule has 84 valence electrons.